The molecule has 21 heavy (non-hydrogen) atoms. The highest BCUT2D eigenvalue weighted by atomic mass is 35.5. The first-order chi connectivity index (χ1) is 9.58. The van der Waals surface area contributed by atoms with E-state index in [4.69, 9.17) is 5.73 Å². The van der Waals surface area contributed by atoms with Gasteiger partial charge in [0.05, 0.1) is 0 Å². The normalized spacial score (nSPS) is 25.4. The van der Waals surface area contributed by atoms with Gasteiger partial charge in [-0.1, -0.05) is 12.1 Å². The second-order valence-electron chi connectivity index (χ2n) is 5.75. The quantitative estimate of drug-likeness (QED) is 0.911. The summed E-state index contributed by atoms with van der Waals surface area (Å²) in [6.45, 7) is 1.35. The zero-order valence-corrected chi connectivity index (χ0v) is 12.4. The van der Waals surface area contributed by atoms with Crippen LogP contribution in [0.25, 0.3) is 0 Å². The summed E-state index contributed by atoms with van der Waals surface area (Å²) in [5, 5.41) is 0. The molecule has 3 rings (SSSR count). The van der Waals surface area contributed by atoms with Gasteiger partial charge in [0.15, 0.2) is 11.6 Å². The molecule has 1 aromatic rings. The molecule has 2 aliphatic rings. The van der Waals surface area contributed by atoms with E-state index in [1.54, 1.807) is 6.07 Å². The number of carbonyl (C=O) groups is 1. The number of hydrogen-bond acceptors (Lipinski definition) is 2. The van der Waals surface area contributed by atoms with Crippen molar-refractivity contribution in [2.24, 2.45) is 11.7 Å². The van der Waals surface area contributed by atoms with Crippen LogP contribution >= 0.6 is 12.4 Å². The van der Waals surface area contributed by atoms with Crippen molar-refractivity contribution in [2.45, 2.75) is 31.2 Å². The summed E-state index contributed by atoms with van der Waals surface area (Å²) in [5.41, 5.74) is 6.15. The largest absolute Gasteiger partial charge is 0.342 e. The average Bonchev–Trinajstić information content (AvgIpc) is 3.22. The van der Waals surface area contributed by atoms with Crippen molar-refractivity contribution in [3.63, 3.8) is 0 Å². The minimum atomic E-state index is -0.843. The zero-order chi connectivity index (χ0) is 14.3. The predicted octanol–water partition coefficient (Wildman–Crippen LogP) is 2.44. The molecule has 116 valence electrons. The third-order valence-corrected chi connectivity index (χ3v) is 4.34. The van der Waals surface area contributed by atoms with Crippen molar-refractivity contribution >= 4 is 18.3 Å². The van der Waals surface area contributed by atoms with Crippen molar-refractivity contribution in [2.75, 3.05) is 13.1 Å². The number of nitrogens with zero attached hydrogens (tertiary/aromatic N) is 1. The number of carbonyl (C=O) groups excluding carboxylic acids is 1. The van der Waals surface area contributed by atoms with Gasteiger partial charge >= 0.3 is 0 Å². The van der Waals surface area contributed by atoms with E-state index in [1.807, 2.05) is 4.90 Å². The second-order valence-corrected chi connectivity index (χ2v) is 5.75. The van der Waals surface area contributed by atoms with Gasteiger partial charge in [0, 0.05) is 25.0 Å². The monoisotopic (exact) mass is 316 g/mol. The molecule has 1 aliphatic heterocycles. The van der Waals surface area contributed by atoms with Crippen molar-refractivity contribution in [3.8, 4) is 0 Å². The number of nitrogens with two attached hydrogens (primary N) is 1. The first kappa shape index (κ1) is 16.2. The maximum Gasteiger partial charge on any atom is 0.226 e. The van der Waals surface area contributed by atoms with Crippen LogP contribution in [0.4, 0.5) is 8.78 Å². The third-order valence-electron chi connectivity index (χ3n) is 4.34. The summed E-state index contributed by atoms with van der Waals surface area (Å²) < 4.78 is 26.9. The number of amides is 1. The molecule has 1 heterocycles. The van der Waals surface area contributed by atoms with Gasteiger partial charge < -0.3 is 10.6 Å². The van der Waals surface area contributed by atoms with Crippen LogP contribution in [0.5, 0.6) is 0 Å². The molecule has 0 bridgehead atoms. The maximum absolute atomic E-state index is 13.7. The number of piperidine rings is 1. The molecule has 1 saturated carbocycles. The predicted molar refractivity (Wildman–Crippen MR) is 78.2 cm³/mol. The highest BCUT2D eigenvalue weighted by Gasteiger charge is 2.47. The molecule has 2 N–H and O–H groups in total. The van der Waals surface area contributed by atoms with Crippen molar-refractivity contribution in [1.29, 1.82) is 0 Å². The van der Waals surface area contributed by atoms with E-state index in [0.717, 1.165) is 18.9 Å². The summed E-state index contributed by atoms with van der Waals surface area (Å²) in [7, 11) is 0. The molecular formula is C15H19ClF2N2O. The van der Waals surface area contributed by atoms with Crippen LogP contribution in [-0.2, 0) is 4.79 Å². The average molecular weight is 317 g/mol. The fourth-order valence-electron chi connectivity index (χ4n) is 2.97. The van der Waals surface area contributed by atoms with Crippen LogP contribution < -0.4 is 5.73 Å². The fourth-order valence-corrected chi connectivity index (χ4v) is 2.97. The molecular weight excluding hydrogens is 298 g/mol. The summed E-state index contributed by atoms with van der Waals surface area (Å²) in [5.74, 6) is -1.96. The molecule has 1 saturated heterocycles. The molecule has 1 aliphatic carbocycles. The lowest BCUT2D eigenvalue weighted by atomic mass is 10.0. The Morgan fingerprint density at radius 3 is 2.57 bits per heavy atom. The van der Waals surface area contributed by atoms with Gasteiger partial charge in [-0.15, -0.1) is 12.4 Å². The Morgan fingerprint density at radius 2 is 1.90 bits per heavy atom. The van der Waals surface area contributed by atoms with E-state index in [1.165, 1.54) is 6.07 Å². The summed E-state index contributed by atoms with van der Waals surface area (Å²) in [4.78, 5) is 14.1. The number of benzene rings is 1. The minimum Gasteiger partial charge on any atom is -0.342 e. The van der Waals surface area contributed by atoms with Gasteiger partial charge in [0.1, 0.15) is 0 Å². The van der Waals surface area contributed by atoms with E-state index >= 15 is 0 Å². The van der Waals surface area contributed by atoms with Crippen molar-refractivity contribution in [1.82, 2.24) is 4.90 Å². The SMILES string of the molecule is Cl.NC1CCN(C(=O)C2CC2c2cccc(F)c2F)CC1. The van der Waals surface area contributed by atoms with E-state index in [-0.39, 0.29) is 36.2 Å². The molecule has 2 unspecified atom stereocenters. The molecule has 6 heteroatoms. The Morgan fingerprint density at radius 1 is 1.24 bits per heavy atom. The van der Waals surface area contributed by atoms with Gasteiger partial charge in [-0.2, -0.15) is 0 Å². The summed E-state index contributed by atoms with van der Waals surface area (Å²) in [6.07, 6.45) is 2.25. The Balaban J connectivity index is 0.00000161. The zero-order valence-electron chi connectivity index (χ0n) is 11.6. The molecule has 0 aromatic heterocycles. The van der Waals surface area contributed by atoms with E-state index in [9.17, 15) is 13.6 Å². The first-order valence-corrected chi connectivity index (χ1v) is 7.06. The van der Waals surface area contributed by atoms with Crippen LogP contribution in [0.15, 0.2) is 18.2 Å². The number of likely N-dealkylation sites (tertiary alicyclic amines) is 1. The molecule has 0 spiro atoms. The van der Waals surface area contributed by atoms with Gasteiger partial charge in [-0.3, -0.25) is 4.79 Å². The third kappa shape index (κ3) is 3.19. The van der Waals surface area contributed by atoms with Crippen LogP contribution in [0.2, 0.25) is 0 Å². The van der Waals surface area contributed by atoms with Gasteiger partial charge in [0.2, 0.25) is 5.91 Å². The lowest BCUT2D eigenvalue weighted by Gasteiger charge is -2.30. The molecule has 2 atom stereocenters. The van der Waals surface area contributed by atoms with E-state index in [0.29, 0.717) is 25.1 Å². The Hall–Kier alpha value is -1.20. The standard InChI is InChI=1S/C15H18F2N2O.ClH/c16-13-3-1-2-10(14(13)17)11-8-12(11)15(20)19-6-4-9(18)5-7-19;/h1-3,9,11-12H,4-8,18H2;1H. The minimum absolute atomic E-state index is 0. The van der Waals surface area contributed by atoms with E-state index in [2.05, 4.69) is 0 Å². The Labute approximate surface area is 128 Å². The van der Waals surface area contributed by atoms with Gasteiger partial charge in [-0.25, -0.2) is 8.78 Å². The molecule has 1 aromatic carbocycles. The molecule has 0 radical (unpaired) electrons. The number of hydrogen-bond donors (Lipinski definition) is 1. The van der Waals surface area contributed by atoms with Crippen LogP contribution in [0, 0.1) is 17.6 Å². The highest BCUT2D eigenvalue weighted by molar-refractivity contribution is 5.85. The van der Waals surface area contributed by atoms with Crippen molar-refractivity contribution < 1.29 is 13.6 Å². The lowest BCUT2D eigenvalue weighted by Crippen LogP contribution is -2.43. The lowest BCUT2D eigenvalue weighted by molar-refractivity contribution is -0.133. The molecule has 1 amide bonds. The second kappa shape index (κ2) is 6.28. The molecule has 2 fully saturated rings. The number of rotatable bonds is 2. The topological polar surface area (TPSA) is 46.3 Å². The number of halogens is 3. The fraction of sp³-hybridized carbons (Fsp3) is 0.533. The smallest absolute Gasteiger partial charge is 0.226 e. The Bertz CT molecular complexity index is 532. The van der Waals surface area contributed by atoms with Gasteiger partial charge in [0.25, 0.3) is 0 Å². The van der Waals surface area contributed by atoms with Gasteiger partial charge in [-0.05, 0) is 36.8 Å². The summed E-state index contributed by atoms with van der Waals surface area (Å²) >= 11 is 0. The Kier molecular flexibility index (Phi) is 4.84. The molecule has 3 nitrogen and oxygen atoms in total. The van der Waals surface area contributed by atoms with Crippen LogP contribution in [-0.4, -0.2) is 29.9 Å². The highest BCUT2D eigenvalue weighted by Crippen LogP contribution is 2.49. The van der Waals surface area contributed by atoms with Crippen LogP contribution in [0.1, 0.15) is 30.7 Å². The summed E-state index contributed by atoms with van der Waals surface area (Å²) in [6, 6.07) is 4.34. The van der Waals surface area contributed by atoms with Crippen LogP contribution in [0.3, 0.4) is 0 Å². The van der Waals surface area contributed by atoms with Crippen molar-refractivity contribution in [3.05, 3.63) is 35.4 Å². The van der Waals surface area contributed by atoms with E-state index < -0.39 is 11.6 Å². The first-order valence-electron chi connectivity index (χ1n) is 7.06. The maximum atomic E-state index is 13.7.